The topological polar surface area (TPSA) is 84.9 Å². The van der Waals surface area contributed by atoms with Crippen LogP contribution in [-0.4, -0.2) is 54.4 Å². The fraction of sp³-hybridized carbons (Fsp3) is 1.00. The molecule has 0 aliphatic carbocycles. The molecule has 0 unspecified atom stereocenters. The number of hydrogen-bond acceptors (Lipinski definition) is 5. The maximum absolute atomic E-state index is 9.42. The van der Waals surface area contributed by atoms with Crippen LogP contribution in [0, 0.1) is 5.92 Å². The van der Waals surface area contributed by atoms with E-state index in [4.69, 9.17) is 15.2 Å². The quantitative estimate of drug-likeness (QED) is 0.571. The van der Waals surface area contributed by atoms with Crippen molar-refractivity contribution in [2.45, 2.75) is 31.2 Å². The third-order valence-electron chi connectivity index (χ3n) is 3.47. The summed E-state index contributed by atoms with van der Waals surface area (Å²) in [5, 5.41) is 18.7. The average molecular weight is 219 g/mol. The van der Waals surface area contributed by atoms with Gasteiger partial charge in [-0.05, 0) is 13.8 Å². The maximum Gasteiger partial charge on any atom is 0.116 e. The molecule has 1 heterocycles. The van der Waals surface area contributed by atoms with Crippen molar-refractivity contribution in [2.75, 3.05) is 26.9 Å². The largest absolute Gasteiger partial charge is 0.396 e. The first-order valence-corrected chi connectivity index (χ1v) is 5.13. The van der Waals surface area contributed by atoms with E-state index in [9.17, 15) is 10.2 Å². The van der Waals surface area contributed by atoms with Crippen molar-refractivity contribution in [3.8, 4) is 0 Å². The molecule has 3 atom stereocenters. The molecule has 4 N–H and O–H groups in total. The molecule has 0 spiro atoms. The van der Waals surface area contributed by atoms with Crippen LogP contribution >= 0.6 is 0 Å². The summed E-state index contributed by atoms with van der Waals surface area (Å²) in [7, 11) is 1.53. The molecule has 0 aromatic heterocycles. The Balaban J connectivity index is 3.07. The second kappa shape index (κ2) is 4.35. The Kier molecular flexibility index (Phi) is 3.73. The van der Waals surface area contributed by atoms with E-state index in [-0.39, 0.29) is 25.7 Å². The summed E-state index contributed by atoms with van der Waals surface area (Å²) in [6.07, 6.45) is -0.486. The second-order valence-electron chi connectivity index (χ2n) is 4.49. The van der Waals surface area contributed by atoms with Gasteiger partial charge in [0, 0.05) is 19.6 Å². The van der Waals surface area contributed by atoms with Gasteiger partial charge < -0.3 is 25.4 Å². The first kappa shape index (κ1) is 12.9. The van der Waals surface area contributed by atoms with Crippen molar-refractivity contribution in [3.63, 3.8) is 0 Å². The van der Waals surface area contributed by atoms with Crippen LogP contribution in [0.25, 0.3) is 0 Å². The number of aliphatic hydroxyl groups is 2. The Labute approximate surface area is 90.2 Å². The summed E-state index contributed by atoms with van der Waals surface area (Å²) in [5.41, 5.74) is 4.36. The Morgan fingerprint density at radius 2 is 1.93 bits per heavy atom. The molecule has 5 nitrogen and oxygen atoms in total. The Hall–Kier alpha value is -0.200. The SMILES string of the molecule is CO[C@@]1(CN)[C@H](CO)C(C)(C)O[C@@H]1CO. The first-order chi connectivity index (χ1) is 6.98. The van der Waals surface area contributed by atoms with Gasteiger partial charge in [0.05, 0.1) is 18.8 Å². The molecule has 1 saturated heterocycles. The van der Waals surface area contributed by atoms with Gasteiger partial charge in [-0.1, -0.05) is 0 Å². The molecule has 0 aromatic carbocycles. The minimum absolute atomic E-state index is 0.0749. The zero-order valence-corrected chi connectivity index (χ0v) is 9.56. The van der Waals surface area contributed by atoms with E-state index in [0.717, 1.165) is 0 Å². The molecule has 90 valence electrons. The smallest absolute Gasteiger partial charge is 0.116 e. The molecule has 0 radical (unpaired) electrons. The van der Waals surface area contributed by atoms with Gasteiger partial charge in [0.2, 0.25) is 0 Å². The number of methoxy groups -OCH3 is 1. The predicted octanol–water partition coefficient (Wildman–Crippen LogP) is -0.891. The standard InChI is InChI=1S/C10H21NO4/c1-9(2)7(4-12)10(6-11,14-3)8(5-13)15-9/h7-8,12-13H,4-6,11H2,1-3H3/t7-,8-,10+/m1/s1. The lowest BCUT2D eigenvalue weighted by Crippen LogP contribution is -2.55. The molecular formula is C10H21NO4. The van der Waals surface area contributed by atoms with Crippen molar-refractivity contribution in [1.29, 1.82) is 0 Å². The second-order valence-corrected chi connectivity index (χ2v) is 4.49. The molecule has 1 rings (SSSR count). The normalized spacial score (nSPS) is 39.6. The Morgan fingerprint density at radius 1 is 1.33 bits per heavy atom. The average Bonchev–Trinajstić information content (AvgIpc) is 2.45. The van der Waals surface area contributed by atoms with Crippen molar-refractivity contribution in [3.05, 3.63) is 0 Å². The van der Waals surface area contributed by atoms with Gasteiger partial charge in [0.15, 0.2) is 0 Å². The van der Waals surface area contributed by atoms with E-state index in [2.05, 4.69) is 0 Å². The van der Waals surface area contributed by atoms with E-state index in [1.165, 1.54) is 7.11 Å². The van der Waals surface area contributed by atoms with Crippen LogP contribution in [0.3, 0.4) is 0 Å². The lowest BCUT2D eigenvalue weighted by Gasteiger charge is -2.36. The highest BCUT2D eigenvalue weighted by Gasteiger charge is 2.59. The summed E-state index contributed by atoms with van der Waals surface area (Å²) in [6.45, 7) is 3.71. The number of nitrogens with two attached hydrogens (primary N) is 1. The van der Waals surface area contributed by atoms with Crippen LogP contribution in [0.5, 0.6) is 0 Å². The van der Waals surface area contributed by atoms with Gasteiger partial charge >= 0.3 is 0 Å². The minimum atomic E-state index is -0.799. The maximum atomic E-state index is 9.42. The molecule has 0 amide bonds. The molecular weight excluding hydrogens is 198 g/mol. The van der Waals surface area contributed by atoms with Gasteiger partial charge in [-0.15, -0.1) is 0 Å². The summed E-state index contributed by atoms with van der Waals surface area (Å²) in [4.78, 5) is 0. The fourth-order valence-corrected chi connectivity index (χ4v) is 2.56. The summed E-state index contributed by atoms with van der Waals surface area (Å²) in [6, 6.07) is 0. The van der Waals surface area contributed by atoms with Gasteiger partial charge in [0.1, 0.15) is 11.7 Å². The van der Waals surface area contributed by atoms with Crippen molar-refractivity contribution in [1.82, 2.24) is 0 Å². The number of ether oxygens (including phenoxy) is 2. The molecule has 1 fully saturated rings. The van der Waals surface area contributed by atoms with Crippen molar-refractivity contribution in [2.24, 2.45) is 11.7 Å². The summed E-state index contributed by atoms with van der Waals surface area (Å²) in [5.74, 6) is -0.239. The number of rotatable bonds is 4. The van der Waals surface area contributed by atoms with Crippen LogP contribution in [-0.2, 0) is 9.47 Å². The highest BCUT2D eigenvalue weighted by Crippen LogP contribution is 2.44. The van der Waals surface area contributed by atoms with E-state index in [0.29, 0.717) is 0 Å². The van der Waals surface area contributed by atoms with Crippen LogP contribution in [0.4, 0.5) is 0 Å². The van der Waals surface area contributed by atoms with E-state index in [1.807, 2.05) is 13.8 Å². The van der Waals surface area contributed by atoms with E-state index >= 15 is 0 Å². The first-order valence-electron chi connectivity index (χ1n) is 5.13. The summed E-state index contributed by atoms with van der Waals surface area (Å²) >= 11 is 0. The lowest BCUT2D eigenvalue weighted by atomic mass is 9.77. The van der Waals surface area contributed by atoms with E-state index in [1.54, 1.807) is 0 Å². The van der Waals surface area contributed by atoms with Gasteiger partial charge in [-0.2, -0.15) is 0 Å². The molecule has 1 aliphatic rings. The predicted molar refractivity (Wildman–Crippen MR) is 55.4 cm³/mol. The van der Waals surface area contributed by atoms with E-state index < -0.39 is 17.3 Å². The third kappa shape index (κ3) is 1.79. The molecule has 0 bridgehead atoms. The van der Waals surface area contributed by atoms with Gasteiger partial charge in [-0.3, -0.25) is 0 Å². The summed E-state index contributed by atoms with van der Waals surface area (Å²) < 4.78 is 11.1. The highest BCUT2D eigenvalue weighted by molar-refractivity contribution is 5.08. The highest BCUT2D eigenvalue weighted by atomic mass is 16.6. The van der Waals surface area contributed by atoms with Crippen LogP contribution < -0.4 is 5.73 Å². The molecule has 1 aliphatic heterocycles. The Bertz CT molecular complexity index is 215. The third-order valence-corrected chi connectivity index (χ3v) is 3.47. The molecule has 0 saturated carbocycles. The zero-order chi connectivity index (χ0) is 11.7. The van der Waals surface area contributed by atoms with Crippen LogP contribution in [0.2, 0.25) is 0 Å². The van der Waals surface area contributed by atoms with Crippen molar-refractivity contribution < 1.29 is 19.7 Å². The molecule has 5 heteroatoms. The zero-order valence-electron chi connectivity index (χ0n) is 9.56. The molecule has 15 heavy (non-hydrogen) atoms. The van der Waals surface area contributed by atoms with Gasteiger partial charge in [0.25, 0.3) is 0 Å². The van der Waals surface area contributed by atoms with Crippen LogP contribution in [0.1, 0.15) is 13.8 Å². The number of hydrogen-bond donors (Lipinski definition) is 3. The minimum Gasteiger partial charge on any atom is -0.396 e. The molecule has 0 aromatic rings. The fourth-order valence-electron chi connectivity index (χ4n) is 2.56. The van der Waals surface area contributed by atoms with Crippen molar-refractivity contribution >= 4 is 0 Å². The number of aliphatic hydroxyl groups excluding tert-OH is 2. The van der Waals surface area contributed by atoms with Crippen LogP contribution in [0.15, 0.2) is 0 Å². The Morgan fingerprint density at radius 3 is 2.27 bits per heavy atom. The monoisotopic (exact) mass is 219 g/mol. The lowest BCUT2D eigenvalue weighted by molar-refractivity contribution is -0.103. The van der Waals surface area contributed by atoms with Gasteiger partial charge in [-0.25, -0.2) is 0 Å².